The van der Waals surface area contributed by atoms with Crippen LogP contribution in [0.3, 0.4) is 0 Å². The highest BCUT2D eigenvalue weighted by Gasteiger charge is 2.25. The average Bonchev–Trinajstić information content (AvgIpc) is 2.78. The lowest BCUT2D eigenvalue weighted by atomic mass is 9.98. The summed E-state index contributed by atoms with van der Waals surface area (Å²) >= 11 is 2.05. The Kier molecular flexibility index (Phi) is 5.64. The molecule has 1 saturated heterocycles. The van der Waals surface area contributed by atoms with Crippen molar-refractivity contribution in [3.05, 3.63) is 0 Å². The third-order valence-corrected chi connectivity index (χ3v) is 5.38. The van der Waals surface area contributed by atoms with Crippen molar-refractivity contribution in [3.63, 3.8) is 0 Å². The van der Waals surface area contributed by atoms with E-state index in [1.807, 2.05) is 11.8 Å². The zero-order chi connectivity index (χ0) is 12.1. The van der Waals surface area contributed by atoms with Crippen molar-refractivity contribution in [2.75, 3.05) is 12.8 Å². The fourth-order valence-corrected chi connectivity index (χ4v) is 4.12. The Morgan fingerprint density at radius 1 is 1.29 bits per heavy atom. The molecule has 3 heteroatoms. The normalized spacial score (nSPS) is 36.0. The molecule has 2 fully saturated rings. The number of nitrogens with one attached hydrogen (secondary N) is 2. The van der Waals surface area contributed by atoms with Gasteiger partial charge in [-0.2, -0.15) is 11.8 Å². The highest BCUT2D eigenvalue weighted by molar-refractivity contribution is 7.99. The van der Waals surface area contributed by atoms with Crippen molar-refractivity contribution in [2.45, 2.75) is 75.2 Å². The molecule has 2 rings (SSSR count). The van der Waals surface area contributed by atoms with E-state index in [2.05, 4.69) is 23.8 Å². The number of piperidine rings is 1. The number of thioether (sulfide) groups is 1. The second-order valence-corrected chi connectivity index (χ2v) is 6.96. The molecular formula is C14H28N2S. The summed E-state index contributed by atoms with van der Waals surface area (Å²) in [4.78, 5) is 0. The van der Waals surface area contributed by atoms with Crippen LogP contribution in [0.25, 0.3) is 0 Å². The minimum Gasteiger partial charge on any atom is -0.314 e. The Bertz CT molecular complexity index is 216. The summed E-state index contributed by atoms with van der Waals surface area (Å²) in [5, 5.41) is 8.40. The van der Waals surface area contributed by atoms with Crippen molar-refractivity contribution >= 4 is 11.8 Å². The second-order valence-electron chi connectivity index (χ2n) is 5.82. The molecule has 0 radical (unpaired) electrons. The molecule has 1 saturated carbocycles. The van der Waals surface area contributed by atoms with E-state index >= 15 is 0 Å². The number of rotatable bonds is 5. The molecule has 0 aromatic heterocycles. The van der Waals surface area contributed by atoms with Gasteiger partial charge >= 0.3 is 0 Å². The highest BCUT2D eigenvalue weighted by Crippen LogP contribution is 2.28. The SMILES string of the molecule is CSC1CCC(NC(C)CC2CCCCN2)C1. The average molecular weight is 256 g/mol. The maximum atomic E-state index is 3.84. The molecule has 1 aliphatic carbocycles. The van der Waals surface area contributed by atoms with Crippen molar-refractivity contribution in [2.24, 2.45) is 0 Å². The zero-order valence-electron chi connectivity index (χ0n) is 11.4. The number of hydrogen-bond donors (Lipinski definition) is 2. The lowest BCUT2D eigenvalue weighted by molar-refractivity contribution is 0.329. The molecule has 17 heavy (non-hydrogen) atoms. The van der Waals surface area contributed by atoms with E-state index in [0.29, 0.717) is 6.04 Å². The van der Waals surface area contributed by atoms with Crippen LogP contribution in [0.15, 0.2) is 0 Å². The van der Waals surface area contributed by atoms with Crippen LogP contribution in [0.1, 0.15) is 51.9 Å². The molecule has 0 aromatic carbocycles. The highest BCUT2D eigenvalue weighted by atomic mass is 32.2. The van der Waals surface area contributed by atoms with Crippen molar-refractivity contribution in [3.8, 4) is 0 Å². The molecule has 0 bridgehead atoms. The van der Waals surface area contributed by atoms with Gasteiger partial charge in [-0.15, -0.1) is 0 Å². The third-order valence-electron chi connectivity index (χ3n) is 4.29. The monoisotopic (exact) mass is 256 g/mol. The van der Waals surface area contributed by atoms with Crippen molar-refractivity contribution < 1.29 is 0 Å². The van der Waals surface area contributed by atoms with E-state index < -0.39 is 0 Å². The van der Waals surface area contributed by atoms with Crippen LogP contribution >= 0.6 is 11.8 Å². The molecule has 4 unspecified atom stereocenters. The minimum absolute atomic E-state index is 0.677. The van der Waals surface area contributed by atoms with Gasteiger partial charge in [0, 0.05) is 23.4 Å². The van der Waals surface area contributed by atoms with Crippen LogP contribution in [-0.4, -0.2) is 36.2 Å². The van der Waals surface area contributed by atoms with Crippen molar-refractivity contribution in [1.82, 2.24) is 10.6 Å². The third kappa shape index (κ3) is 4.46. The first kappa shape index (κ1) is 13.7. The van der Waals surface area contributed by atoms with Gasteiger partial charge in [0.1, 0.15) is 0 Å². The quantitative estimate of drug-likeness (QED) is 0.791. The summed E-state index contributed by atoms with van der Waals surface area (Å²) in [6, 6.07) is 2.23. The molecule has 2 N–H and O–H groups in total. The van der Waals surface area contributed by atoms with Crippen LogP contribution in [0.4, 0.5) is 0 Å². The van der Waals surface area contributed by atoms with E-state index in [9.17, 15) is 0 Å². The van der Waals surface area contributed by atoms with Gasteiger partial charge in [-0.1, -0.05) is 6.42 Å². The molecule has 1 heterocycles. The summed E-state index contributed by atoms with van der Waals surface area (Å²) in [5.74, 6) is 0. The van der Waals surface area contributed by atoms with E-state index in [1.54, 1.807) is 0 Å². The zero-order valence-corrected chi connectivity index (χ0v) is 12.2. The summed E-state index contributed by atoms with van der Waals surface area (Å²) < 4.78 is 0. The molecule has 2 aliphatic rings. The Balaban J connectivity index is 1.64. The summed E-state index contributed by atoms with van der Waals surface area (Å²) in [7, 11) is 0. The fourth-order valence-electron chi connectivity index (χ4n) is 3.33. The minimum atomic E-state index is 0.677. The molecule has 2 nitrogen and oxygen atoms in total. The van der Waals surface area contributed by atoms with Gasteiger partial charge in [-0.3, -0.25) is 0 Å². The fraction of sp³-hybridized carbons (Fsp3) is 1.00. The largest absolute Gasteiger partial charge is 0.314 e. The molecular weight excluding hydrogens is 228 g/mol. The van der Waals surface area contributed by atoms with E-state index in [-0.39, 0.29) is 0 Å². The topological polar surface area (TPSA) is 24.1 Å². The maximum absolute atomic E-state index is 3.84. The smallest absolute Gasteiger partial charge is 0.00817 e. The predicted molar refractivity (Wildman–Crippen MR) is 77.8 cm³/mol. The van der Waals surface area contributed by atoms with Gasteiger partial charge in [0.25, 0.3) is 0 Å². The molecule has 100 valence electrons. The number of hydrogen-bond acceptors (Lipinski definition) is 3. The first-order valence-electron chi connectivity index (χ1n) is 7.30. The van der Waals surface area contributed by atoms with E-state index in [0.717, 1.165) is 17.3 Å². The summed E-state index contributed by atoms with van der Waals surface area (Å²) in [6.45, 7) is 3.60. The Morgan fingerprint density at radius 3 is 2.82 bits per heavy atom. The molecule has 0 aromatic rings. The van der Waals surface area contributed by atoms with E-state index in [4.69, 9.17) is 0 Å². The Labute approximate surface area is 111 Å². The van der Waals surface area contributed by atoms with Gasteiger partial charge in [0.2, 0.25) is 0 Å². The molecule has 0 spiro atoms. The molecule has 4 atom stereocenters. The Morgan fingerprint density at radius 2 is 2.18 bits per heavy atom. The first-order chi connectivity index (χ1) is 8.28. The molecule has 1 aliphatic heterocycles. The first-order valence-corrected chi connectivity index (χ1v) is 8.59. The van der Waals surface area contributed by atoms with Gasteiger partial charge in [0.05, 0.1) is 0 Å². The van der Waals surface area contributed by atoms with Gasteiger partial charge in [0.15, 0.2) is 0 Å². The van der Waals surface area contributed by atoms with Gasteiger partial charge in [-0.05, 0) is 58.2 Å². The standard InChI is InChI=1S/C14H28N2S/c1-11(9-12-5-3-4-8-15-12)16-13-6-7-14(10-13)17-2/h11-16H,3-10H2,1-2H3. The second kappa shape index (κ2) is 7.01. The van der Waals surface area contributed by atoms with Crippen LogP contribution in [0, 0.1) is 0 Å². The van der Waals surface area contributed by atoms with Gasteiger partial charge in [-0.25, -0.2) is 0 Å². The van der Waals surface area contributed by atoms with Crippen LogP contribution in [0.5, 0.6) is 0 Å². The van der Waals surface area contributed by atoms with Crippen molar-refractivity contribution in [1.29, 1.82) is 0 Å². The van der Waals surface area contributed by atoms with Crippen LogP contribution in [-0.2, 0) is 0 Å². The van der Waals surface area contributed by atoms with Crippen LogP contribution < -0.4 is 10.6 Å². The molecule has 0 amide bonds. The van der Waals surface area contributed by atoms with E-state index in [1.165, 1.54) is 51.5 Å². The summed E-state index contributed by atoms with van der Waals surface area (Å²) in [5.41, 5.74) is 0. The van der Waals surface area contributed by atoms with Crippen LogP contribution in [0.2, 0.25) is 0 Å². The lowest BCUT2D eigenvalue weighted by Crippen LogP contribution is -2.42. The Hall–Kier alpha value is 0.270. The maximum Gasteiger partial charge on any atom is 0.00817 e. The predicted octanol–water partition coefficient (Wildman–Crippen LogP) is 2.78. The summed E-state index contributed by atoms with van der Waals surface area (Å²) in [6.07, 6.45) is 11.9. The van der Waals surface area contributed by atoms with Gasteiger partial charge < -0.3 is 10.6 Å². The lowest BCUT2D eigenvalue weighted by Gasteiger charge is -2.28.